The van der Waals surface area contributed by atoms with Crippen LogP contribution in [0.15, 0.2) is 175 Å². The lowest BCUT2D eigenvalue weighted by molar-refractivity contribution is 0.669. The van der Waals surface area contributed by atoms with Gasteiger partial charge in [0.05, 0.1) is 11.9 Å². The van der Waals surface area contributed by atoms with E-state index in [-0.39, 0.29) is 0 Å². The predicted molar refractivity (Wildman–Crippen MR) is 192 cm³/mol. The Kier molecular flexibility index (Phi) is 6.14. The first-order valence-electron chi connectivity index (χ1n) is 15.5. The quantitative estimate of drug-likeness (QED) is 0.200. The van der Waals surface area contributed by atoms with Crippen LogP contribution in [0.1, 0.15) is 0 Å². The van der Waals surface area contributed by atoms with E-state index in [0.717, 1.165) is 55.3 Å². The highest BCUT2D eigenvalue weighted by Gasteiger charge is 2.19. The molecule has 0 atom stereocenters. The third-order valence-electron chi connectivity index (χ3n) is 8.91. The molecule has 0 spiro atoms. The summed E-state index contributed by atoms with van der Waals surface area (Å²) in [6.07, 6.45) is 3.91. The number of benzene rings is 7. The molecule has 0 amide bonds. The zero-order chi connectivity index (χ0) is 30.5. The summed E-state index contributed by atoms with van der Waals surface area (Å²) in [7, 11) is 0. The highest BCUT2D eigenvalue weighted by atomic mass is 16.3. The van der Waals surface area contributed by atoms with Gasteiger partial charge in [0.15, 0.2) is 0 Å². The third kappa shape index (κ3) is 4.41. The summed E-state index contributed by atoms with van der Waals surface area (Å²) in [5, 5.41) is 6.81. The fourth-order valence-corrected chi connectivity index (χ4v) is 6.70. The summed E-state index contributed by atoms with van der Waals surface area (Å²) in [6.45, 7) is 0. The maximum atomic E-state index is 6.35. The molecule has 9 rings (SSSR count). The van der Waals surface area contributed by atoms with Crippen molar-refractivity contribution in [3.8, 4) is 22.3 Å². The lowest BCUT2D eigenvalue weighted by Gasteiger charge is -2.27. The molecule has 0 saturated carbocycles. The molecule has 0 radical (unpaired) electrons. The second kappa shape index (κ2) is 10.8. The van der Waals surface area contributed by atoms with Crippen LogP contribution in [0.25, 0.3) is 65.7 Å². The number of anilines is 3. The van der Waals surface area contributed by atoms with Crippen molar-refractivity contribution in [3.63, 3.8) is 0 Å². The highest BCUT2D eigenvalue weighted by molar-refractivity contribution is 6.12. The van der Waals surface area contributed by atoms with Crippen molar-refractivity contribution < 1.29 is 4.42 Å². The Hall–Kier alpha value is -6.19. The van der Waals surface area contributed by atoms with Crippen LogP contribution in [-0.2, 0) is 0 Å². The molecule has 7 aromatic carbocycles. The maximum absolute atomic E-state index is 6.35. The van der Waals surface area contributed by atoms with Crippen LogP contribution in [0.2, 0.25) is 0 Å². The SMILES string of the molecule is c1ccc(-c2ccc(N(c3cccc(-c4cccc5ccccc45)c3)c3cncc4cc5c(cc34)oc3ccccc35)cc2)cc1. The number of nitrogens with zero attached hydrogens (tertiary/aromatic N) is 2. The average Bonchev–Trinajstić information content (AvgIpc) is 3.49. The third-order valence-corrected chi connectivity index (χ3v) is 8.91. The van der Waals surface area contributed by atoms with Crippen molar-refractivity contribution in [2.24, 2.45) is 0 Å². The number of aromatic nitrogens is 1. The van der Waals surface area contributed by atoms with Gasteiger partial charge in [-0.25, -0.2) is 0 Å². The van der Waals surface area contributed by atoms with E-state index >= 15 is 0 Å². The lowest BCUT2D eigenvalue weighted by atomic mass is 9.97. The topological polar surface area (TPSA) is 29.3 Å². The van der Waals surface area contributed by atoms with E-state index in [0.29, 0.717) is 0 Å². The van der Waals surface area contributed by atoms with Crippen LogP contribution < -0.4 is 4.90 Å². The Morgan fingerprint density at radius 3 is 2.02 bits per heavy atom. The fraction of sp³-hybridized carbons (Fsp3) is 0. The van der Waals surface area contributed by atoms with Gasteiger partial charge in [-0.1, -0.05) is 115 Å². The minimum Gasteiger partial charge on any atom is -0.456 e. The van der Waals surface area contributed by atoms with Crippen LogP contribution in [0.3, 0.4) is 0 Å². The van der Waals surface area contributed by atoms with E-state index in [1.54, 1.807) is 0 Å². The highest BCUT2D eigenvalue weighted by Crippen LogP contribution is 2.42. The predicted octanol–water partition coefficient (Wildman–Crippen LogP) is 12.1. The van der Waals surface area contributed by atoms with Gasteiger partial charge in [0.1, 0.15) is 11.2 Å². The summed E-state index contributed by atoms with van der Waals surface area (Å²) < 4.78 is 6.35. The molecule has 46 heavy (non-hydrogen) atoms. The van der Waals surface area contributed by atoms with E-state index in [2.05, 4.69) is 150 Å². The Morgan fingerprint density at radius 2 is 1.13 bits per heavy atom. The lowest BCUT2D eigenvalue weighted by Crippen LogP contribution is -2.11. The number of rotatable bonds is 5. The molecule has 0 fully saturated rings. The monoisotopic (exact) mass is 588 g/mol. The number of furan rings is 1. The van der Waals surface area contributed by atoms with Crippen LogP contribution >= 0.6 is 0 Å². The van der Waals surface area contributed by atoms with Crippen molar-refractivity contribution in [1.82, 2.24) is 4.98 Å². The summed E-state index contributed by atoms with van der Waals surface area (Å²) in [5.41, 5.74) is 9.58. The molecular formula is C43H28N2O. The first-order chi connectivity index (χ1) is 22.8. The number of pyridine rings is 1. The zero-order valence-corrected chi connectivity index (χ0v) is 25.0. The molecule has 0 N–H and O–H groups in total. The molecule has 216 valence electrons. The number of fused-ring (bicyclic) bond motifs is 5. The van der Waals surface area contributed by atoms with Gasteiger partial charge in [0.2, 0.25) is 0 Å². The molecule has 0 aliphatic carbocycles. The normalized spacial score (nSPS) is 11.5. The van der Waals surface area contributed by atoms with Gasteiger partial charge in [-0.3, -0.25) is 4.98 Å². The molecule has 0 unspecified atom stereocenters. The van der Waals surface area contributed by atoms with Crippen LogP contribution in [0.4, 0.5) is 17.1 Å². The van der Waals surface area contributed by atoms with Crippen molar-refractivity contribution >= 4 is 60.5 Å². The van der Waals surface area contributed by atoms with Gasteiger partial charge >= 0.3 is 0 Å². The molecule has 2 heterocycles. The van der Waals surface area contributed by atoms with Gasteiger partial charge in [0, 0.05) is 39.1 Å². The van der Waals surface area contributed by atoms with E-state index in [1.807, 2.05) is 24.5 Å². The summed E-state index contributed by atoms with van der Waals surface area (Å²) in [6, 6.07) is 55.8. The maximum Gasteiger partial charge on any atom is 0.136 e. The second-order valence-electron chi connectivity index (χ2n) is 11.7. The smallest absolute Gasteiger partial charge is 0.136 e. The first-order valence-corrected chi connectivity index (χ1v) is 15.5. The van der Waals surface area contributed by atoms with Gasteiger partial charge in [-0.15, -0.1) is 0 Å². The summed E-state index contributed by atoms with van der Waals surface area (Å²) >= 11 is 0. The van der Waals surface area contributed by atoms with E-state index in [9.17, 15) is 0 Å². The number of hydrogen-bond donors (Lipinski definition) is 0. The van der Waals surface area contributed by atoms with Gasteiger partial charge in [-0.05, 0) is 75.5 Å². The Balaban J connectivity index is 1.26. The molecule has 9 aromatic rings. The van der Waals surface area contributed by atoms with Crippen LogP contribution in [0, 0.1) is 0 Å². The molecule has 0 saturated heterocycles. The molecule has 2 aromatic heterocycles. The number of para-hydroxylation sites is 1. The fourth-order valence-electron chi connectivity index (χ4n) is 6.70. The van der Waals surface area contributed by atoms with Gasteiger partial charge in [-0.2, -0.15) is 0 Å². The van der Waals surface area contributed by atoms with E-state index < -0.39 is 0 Å². The van der Waals surface area contributed by atoms with E-state index in [1.165, 1.54) is 27.5 Å². The van der Waals surface area contributed by atoms with Crippen molar-refractivity contribution in [1.29, 1.82) is 0 Å². The van der Waals surface area contributed by atoms with Crippen LogP contribution in [0.5, 0.6) is 0 Å². The Bertz CT molecular complexity index is 2530. The van der Waals surface area contributed by atoms with Crippen molar-refractivity contribution in [2.75, 3.05) is 4.90 Å². The standard InChI is InChI=1S/C43H28N2O/c1-2-10-29(11-3-1)30-20-22-34(23-21-30)45(35-15-8-14-32(24-35)37-18-9-13-31-12-4-5-16-36(31)37)41-28-44-27-33-25-40-38-17-6-7-19-42(38)46-43(40)26-39(33)41/h1-28H. The molecule has 3 heteroatoms. The van der Waals surface area contributed by atoms with E-state index in [4.69, 9.17) is 9.40 Å². The second-order valence-corrected chi connectivity index (χ2v) is 11.7. The first kappa shape index (κ1) is 26.2. The largest absolute Gasteiger partial charge is 0.456 e. The minimum absolute atomic E-state index is 0.866. The summed E-state index contributed by atoms with van der Waals surface area (Å²) in [5.74, 6) is 0. The van der Waals surface area contributed by atoms with Gasteiger partial charge < -0.3 is 9.32 Å². The zero-order valence-electron chi connectivity index (χ0n) is 25.0. The number of hydrogen-bond acceptors (Lipinski definition) is 3. The Morgan fingerprint density at radius 1 is 0.413 bits per heavy atom. The molecule has 0 aliphatic rings. The Labute approximate surface area is 266 Å². The molecule has 0 bridgehead atoms. The minimum atomic E-state index is 0.866. The molecular weight excluding hydrogens is 560 g/mol. The summed E-state index contributed by atoms with van der Waals surface area (Å²) in [4.78, 5) is 7.08. The average molecular weight is 589 g/mol. The molecule has 0 aliphatic heterocycles. The molecule has 3 nitrogen and oxygen atoms in total. The van der Waals surface area contributed by atoms with Crippen LogP contribution in [-0.4, -0.2) is 4.98 Å². The van der Waals surface area contributed by atoms with Gasteiger partial charge in [0.25, 0.3) is 0 Å². The van der Waals surface area contributed by atoms with Crippen molar-refractivity contribution in [2.45, 2.75) is 0 Å². The van der Waals surface area contributed by atoms with Crippen molar-refractivity contribution in [3.05, 3.63) is 170 Å².